The van der Waals surface area contributed by atoms with E-state index in [1.165, 1.54) is 39.2 Å². The van der Waals surface area contributed by atoms with E-state index in [9.17, 15) is 4.91 Å². The van der Waals surface area contributed by atoms with Crippen LogP contribution in [-0.2, 0) is 0 Å². The highest BCUT2D eigenvalue weighted by Gasteiger charge is 2.37. The quantitative estimate of drug-likeness (QED) is 0.261. The van der Waals surface area contributed by atoms with Crippen LogP contribution >= 0.6 is 0 Å². The van der Waals surface area contributed by atoms with Crippen molar-refractivity contribution in [3.63, 3.8) is 0 Å². The molecule has 1 aliphatic heterocycles. The molecule has 218 valence electrons. The van der Waals surface area contributed by atoms with E-state index < -0.39 is 0 Å². The molecule has 1 saturated heterocycles. The Hall–Kier alpha value is -3.40. The van der Waals surface area contributed by atoms with Crippen LogP contribution in [0, 0.1) is 25.7 Å². The Balaban J connectivity index is 2.16. The second kappa shape index (κ2) is 12.2. The van der Waals surface area contributed by atoms with Gasteiger partial charge in [-0.2, -0.15) is 0 Å². The van der Waals surface area contributed by atoms with Gasteiger partial charge in [0.1, 0.15) is 5.82 Å². The predicted octanol–water partition coefficient (Wildman–Crippen LogP) is 10.5. The van der Waals surface area contributed by atoms with Crippen LogP contribution < -0.4 is 9.80 Å². The fourth-order valence-electron chi connectivity index (χ4n) is 6.65. The van der Waals surface area contributed by atoms with Crippen molar-refractivity contribution in [1.82, 2.24) is 0 Å². The molecule has 1 heterocycles. The summed E-state index contributed by atoms with van der Waals surface area (Å²) in [4.78, 5) is 18.0. The van der Waals surface area contributed by atoms with E-state index in [2.05, 4.69) is 140 Å². The number of nitrogens with zero attached hydrogens (tertiary/aromatic N) is 3. The van der Waals surface area contributed by atoms with Crippen molar-refractivity contribution < 1.29 is 0 Å². The Bertz CT molecular complexity index is 1310. The van der Waals surface area contributed by atoms with E-state index in [1.807, 2.05) is 0 Å². The summed E-state index contributed by atoms with van der Waals surface area (Å²) >= 11 is 0. The molecule has 4 rings (SSSR count). The molecule has 4 nitrogen and oxygen atoms in total. The number of nitroso groups, excluding NO2 is 1. The van der Waals surface area contributed by atoms with E-state index in [-0.39, 0.29) is 0 Å². The summed E-state index contributed by atoms with van der Waals surface area (Å²) in [5, 5.41) is 3.89. The van der Waals surface area contributed by atoms with Gasteiger partial charge < -0.3 is 9.80 Å². The lowest BCUT2D eigenvalue weighted by Crippen LogP contribution is -2.28. The largest absolute Gasteiger partial charge is 0.324 e. The van der Waals surface area contributed by atoms with Gasteiger partial charge in [0, 0.05) is 30.0 Å². The summed E-state index contributed by atoms with van der Waals surface area (Å²) in [7, 11) is 0. The Morgan fingerprint density at radius 1 is 0.634 bits per heavy atom. The molecule has 1 aliphatic rings. The van der Waals surface area contributed by atoms with Gasteiger partial charge in [-0.3, -0.25) is 0 Å². The number of rotatable bonds is 8. The highest BCUT2D eigenvalue weighted by atomic mass is 16.3. The van der Waals surface area contributed by atoms with E-state index >= 15 is 0 Å². The highest BCUT2D eigenvalue weighted by molar-refractivity contribution is 5.84. The van der Waals surface area contributed by atoms with Crippen LogP contribution in [-0.4, -0.2) is 13.1 Å². The van der Waals surface area contributed by atoms with Gasteiger partial charge in [0.15, 0.2) is 5.70 Å². The van der Waals surface area contributed by atoms with Gasteiger partial charge in [-0.1, -0.05) is 109 Å². The lowest BCUT2D eigenvalue weighted by Gasteiger charge is -2.34. The average Bonchev–Trinajstić information content (AvgIpc) is 3.33. The number of hydrogen-bond donors (Lipinski definition) is 0. The summed E-state index contributed by atoms with van der Waals surface area (Å²) in [5.41, 5.74) is 12.5. The molecule has 41 heavy (non-hydrogen) atoms. The molecule has 3 aromatic carbocycles. The minimum Gasteiger partial charge on any atom is -0.324 e. The number of anilines is 2. The van der Waals surface area contributed by atoms with Gasteiger partial charge in [0.05, 0.1) is 0 Å². The van der Waals surface area contributed by atoms with Crippen molar-refractivity contribution in [1.29, 1.82) is 0 Å². The first-order chi connectivity index (χ1) is 19.4. The van der Waals surface area contributed by atoms with Crippen molar-refractivity contribution in [2.24, 2.45) is 5.18 Å². The van der Waals surface area contributed by atoms with Crippen LogP contribution in [0.2, 0.25) is 0 Å². The first kappa shape index (κ1) is 30.6. The number of aryl methyl sites for hydroxylation is 3. The minimum absolute atomic E-state index is 0.337. The zero-order valence-corrected chi connectivity index (χ0v) is 27.1. The lowest BCUT2D eigenvalue weighted by molar-refractivity contribution is 0.817. The second-order valence-electron chi connectivity index (χ2n) is 13.0. The van der Waals surface area contributed by atoms with Gasteiger partial charge in [0.2, 0.25) is 0 Å². The fraction of sp³-hybridized carbons (Fsp3) is 0.459. The molecular formula is C37H49N3O. The van der Waals surface area contributed by atoms with E-state index in [4.69, 9.17) is 0 Å². The van der Waals surface area contributed by atoms with Gasteiger partial charge in [-0.25, -0.2) is 0 Å². The molecule has 0 N–H and O–H groups in total. The second-order valence-corrected chi connectivity index (χ2v) is 13.0. The van der Waals surface area contributed by atoms with Crippen LogP contribution in [0.1, 0.15) is 124 Å². The van der Waals surface area contributed by atoms with Crippen LogP contribution in [0.15, 0.2) is 59.5 Å². The molecule has 3 aromatic rings. The SMILES string of the molecule is Cc1cc(C)c(C(N=O)=C2N(c3c(C(C)C)cccc3C(C)C)CCN2c2c(C(C)C)cccc2C(C)C)c(C)c1. The lowest BCUT2D eigenvalue weighted by atomic mass is 9.91. The summed E-state index contributed by atoms with van der Waals surface area (Å²) in [6.45, 7) is 26.0. The molecule has 0 saturated carbocycles. The molecule has 0 spiro atoms. The maximum absolute atomic E-state index is 13.1. The van der Waals surface area contributed by atoms with E-state index in [1.54, 1.807) is 0 Å². The summed E-state index contributed by atoms with van der Waals surface area (Å²) in [6.07, 6.45) is 0. The number of hydrogen-bond acceptors (Lipinski definition) is 4. The summed E-state index contributed by atoms with van der Waals surface area (Å²) in [6, 6.07) is 17.7. The molecule has 0 aliphatic carbocycles. The maximum atomic E-state index is 13.1. The van der Waals surface area contributed by atoms with Crippen LogP contribution in [0.3, 0.4) is 0 Å². The monoisotopic (exact) mass is 551 g/mol. The Morgan fingerprint density at radius 3 is 1.27 bits per heavy atom. The molecular weight excluding hydrogens is 502 g/mol. The molecule has 4 heteroatoms. The number of para-hydroxylation sites is 2. The molecule has 0 radical (unpaired) electrons. The van der Waals surface area contributed by atoms with Gasteiger partial charge in [0.25, 0.3) is 0 Å². The van der Waals surface area contributed by atoms with Gasteiger partial charge in [-0.05, 0) is 83.0 Å². The Labute approximate surface area is 248 Å². The van der Waals surface area contributed by atoms with Crippen molar-refractivity contribution in [3.05, 3.63) is 104 Å². The van der Waals surface area contributed by atoms with Gasteiger partial charge >= 0.3 is 0 Å². The van der Waals surface area contributed by atoms with Crippen molar-refractivity contribution in [2.45, 2.75) is 99.8 Å². The maximum Gasteiger partial charge on any atom is 0.156 e. The summed E-state index contributed by atoms with van der Waals surface area (Å²) < 4.78 is 0. The molecule has 0 unspecified atom stereocenters. The minimum atomic E-state index is 0.337. The van der Waals surface area contributed by atoms with Crippen LogP contribution in [0.25, 0.3) is 5.70 Å². The first-order valence-electron chi connectivity index (χ1n) is 15.3. The molecule has 0 aromatic heterocycles. The molecule has 0 atom stereocenters. The first-order valence-corrected chi connectivity index (χ1v) is 15.3. The van der Waals surface area contributed by atoms with Gasteiger partial charge in [-0.15, -0.1) is 4.91 Å². The Kier molecular flexibility index (Phi) is 9.11. The highest BCUT2D eigenvalue weighted by Crippen LogP contribution is 2.46. The standard InChI is InChI=1S/C37H49N3O/c1-22(2)29-14-12-15-30(23(3)4)35(29)39-18-19-40(36-31(24(5)6)16-13-17-32(36)25(7)8)37(39)34(38-41)33-27(10)20-26(9)21-28(33)11/h12-17,20-25H,18-19H2,1-11H3. The van der Waals surface area contributed by atoms with Crippen molar-refractivity contribution in [3.8, 4) is 0 Å². The molecule has 1 fully saturated rings. The third kappa shape index (κ3) is 5.71. The Morgan fingerprint density at radius 2 is 0.976 bits per heavy atom. The fourth-order valence-corrected chi connectivity index (χ4v) is 6.65. The third-order valence-corrected chi connectivity index (χ3v) is 8.50. The average molecular weight is 552 g/mol. The molecule has 0 bridgehead atoms. The summed E-state index contributed by atoms with van der Waals surface area (Å²) in [5.74, 6) is 2.25. The normalized spacial score (nSPS) is 13.9. The van der Waals surface area contributed by atoms with Crippen LogP contribution in [0.4, 0.5) is 11.4 Å². The predicted molar refractivity (Wildman–Crippen MR) is 177 cm³/mol. The van der Waals surface area contributed by atoms with E-state index in [0.717, 1.165) is 35.6 Å². The van der Waals surface area contributed by atoms with Crippen molar-refractivity contribution in [2.75, 3.05) is 22.9 Å². The smallest absolute Gasteiger partial charge is 0.156 e. The van der Waals surface area contributed by atoms with Crippen LogP contribution in [0.5, 0.6) is 0 Å². The molecule has 0 amide bonds. The topological polar surface area (TPSA) is 35.9 Å². The van der Waals surface area contributed by atoms with Crippen molar-refractivity contribution >= 4 is 17.1 Å². The third-order valence-electron chi connectivity index (χ3n) is 8.50. The zero-order valence-electron chi connectivity index (χ0n) is 27.1. The zero-order chi connectivity index (χ0) is 30.2. The van der Waals surface area contributed by atoms with E-state index in [0.29, 0.717) is 29.4 Å². The number of benzene rings is 3.